The second kappa shape index (κ2) is 7.80. The van der Waals surface area contributed by atoms with Crippen LogP contribution in [0.2, 0.25) is 0 Å². The third-order valence-electron chi connectivity index (χ3n) is 5.24. The van der Waals surface area contributed by atoms with E-state index in [4.69, 9.17) is 4.74 Å². The number of hydrogen-bond donors (Lipinski definition) is 1. The summed E-state index contributed by atoms with van der Waals surface area (Å²) < 4.78 is 36.5. The van der Waals surface area contributed by atoms with Crippen molar-refractivity contribution in [2.75, 3.05) is 20.6 Å². The Morgan fingerprint density at radius 3 is 2.71 bits per heavy atom. The minimum absolute atomic E-state index is 0.168. The van der Waals surface area contributed by atoms with Crippen LogP contribution in [0, 0.1) is 0 Å². The van der Waals surface area contributed by atoms with Gasteiger partial charge < -0.3 is 19.4 Å². The Bertz CT molecular complexity index is 968. The fourth-order valence-electron chi connectivity index (χ4n) is 3.92. The predicted molar refractivity (Wildman–Crippen MR) is 105 cm³/mol. The Balaban J connectivity index is 1.63. The monoisotopic (exact) mass is 386 g/mol. The maximum atomic E-state index is 12.7. The summed E-state index contributed by atoms with van der Waals surface area (Å²) in [5.41, 5.74) is 4.01. The van der Waals surface area contributed by atoms with E-state index in [1.165, 1.54) is 5.56 Å². The molecule has 0 saturated carbocycles. The van der Waals surface area contributed by atoms with Crippen LogP contribution in [-0.2, 0) is 12.8 Å². The third kappa shape index (κ3) is 3.69. The van der Waals surface area contributed by atoms with Gasteiger partial charge in [-0.25, -0.2) is 0 Å². The SMILES string of the molecule is CN(C)CCc1c[nH]c2cccc(O[C@H]3CCc4c(OC(F)F)cccc43)c12. The smallest absolute Gasteiger partial charge is 0.387 e. The zero-order valence-electron chi connectivity index (χ0n) is 16.0. The molecule has 1 atom stereocenters. The molecule has 0 amide bonds. The van der Waals surface area contributed by atoms with Gasteiger partial charge in [-0.2, -0.15) is 8.78 Å². The topological polar surface area (TPSA) is 37.5 Å². The first-order chi connectivity index (χ1) is 13.5. The molecule has 0 radical (unpaired) electrons. The highest BCUT2D eigenvalue weighted by molar-refractivity contribution is 5.89. The second-order valence-electron chi connectivity index (χ2n) is 7.39. The molecule has 0 spiro atoms. The van der Waals surface area contributed by atoms with Gasteiger partial charge in [-0.1, -0.05) is 18.2 Å². The van der Waals surface area contributed by atoms with Crippen LogP contribution in [-0.4, -0.2) is 37.1 Å². The van der Waals surface area contributed by atoms with Crippen LogP contribution in [0.4, 0.5) is 8.78 Å². The number of hydrogen-bond acceptors (Lipinski definition) is 3. The van der Waals surface area contributed by atoms with Crippen LogP contribution >= 0.6 is 0 Å². The van der Waals surface area contributed by atoms with Gasteiger partial charge in [0, 0.05) is 29.2 Å². The lowest BCUT2D eigenvalue weighted by Gasteiger charge is -2.17. The van der Waals surface area contributed by atoms with Gasteiger partial charge in [0.25, 0.3) is 0 Å². The number of rotatable bonds is 7. The first-order valence-corrected chi connectivity index (χ1v) is 9.50. The molecule has 0 unspecified atom stereocenters. The average molecular weight is 386 g/mol. The number of benzene rings is 2. The quantitative estimate of drug-likeness (QED) is 0.625. The van der Waals surface area contributed by atoms with E-state index in [-0.39, 0.29) is 11.9 Å². The van der Waals surface area contributed by atoms with E-state index >= 15 is 0 Å². The molecule has 148 valence electrons. The summed E-state index contributed by atoms with van der Waals surface area (Å²) in [5, 5.41) is 1.10. The van der Waals surface area contributed by atoms with Crippen molar-refractivity contribution in [3.63, 3.8) is 0 Å². The number of halogens is 2. The Morgan fingerprint density at radius 2 is 1.93 bits per heavy atom. The maximum Gasteiger partial charge on any atom is 0.387 e. The van der Waals surface area contributed by atoms with Crippen molar-refractivity contribution in [1.29, 1.82) is 0 Å². The van der Waals surface area contributed by atoms with Gasteiger partial charge in [0.1, 0.15) is 17.6 Å². The fourth-order valence-corrected chi connectivity index (χ4v) is 3.92. The number of aromatic nitrogens is 1. The molecule has 0 aliphatic heterocycles. The molecule has 0 saturated heterocycles. The number of ether oxygens (including phenoxy) is 2. The van der Waals surface area contributed by atoms with Gasteiger partial charge in [0.05, 0.1) is 0 Å². The molecule has 2 aromatic carbocycles. The highest BCUT2D eigenvalue weighted by atomic mass is 19.3. The van der Waals surface area contributed by atoms with Crippen LogP contribution in [0.25, 0.3) is 10.9 Å². The molecule has 1 aromatic heterocycles. The Labute approximate surface area is 163 Å². The van der Waals surface area contributed by atoms with Crippen molar-refractivity contribution < 1.29 is 18.3 Å². The predicted octanol–water partition coefficient (Wildman–Crippen LogP) is 4.94. The number of likely N-dealkylation sites (N-methyl/N-ethyl adjacent to an activating group) is 1. The number of aromatic amines is 1. The molecule has 1 N–H and O–H groups in total. The highest BCUT2D eigenvalue weighted by Crippen LogP contribution is 2.41. The lowest BCUT2D eigenvalue weighted by molar-refractivity contribution is -0.0504. The van der Waals surface area contributed by atoms with Crippen molar-refractivity contribution in [3.05, 3.63) is 59.3 Å². The van der Waals surface area contributed by atoms with E-state index in [2.05, 4.69) is 28.7 Å². The Kier molecular flexibility index (Phi) is 5.22. The number of nitrogens with zero attached hydrogens (tertiary/aromatic N) is 1. The molecule has 0 bridgehead atoms. The van der Waals surface area contributed by atoms with Gasteiger partial charge in [0.2, 0.25) is 0 Å². The molecule has 4 rings (SSSR count). The van der Waals surface area contributed by atoms with E-state index in [0.29, 0.717) is 6.42 Å². The third-order valence-corrected chi connectivity index (χ3v) is 5.24. The van der Waals surface area contributed by atoms with Gasteiger partial charge in [-0.3, -0.25) is 0 Å². The second-order valence-corrected chi connectivity index (χ2v) is 7.39. The van der Waals surface area contributed by atoms with Crippen molar-refractivity contribution in [3.8, 4) is 11.5 Å². The van der Waals surface area contributed by atoms with Crippen molar-refractivity contribution >= 4 is 10.9 Å². The molecule has 28 heavy (non-hydrogen) atoms. The summed E-state index contributed by atoms with van der Waals surface area (Å²) in [6.45, 7) is -1.87. The summed E-state index contributed by atoms with van der Waals surface area (Å²) in [6, 6.07) is 11.3. The lowest BCUT2D eigenvalue weighted by atomic mass is 10.1. The molecule has 6 heteroatoms. The van der Waals surface area contributed by atoms with Crippen LogP contribution in [0.15, 0.2) is 42.6 Å². The molecule has 3 aromatic rings. The van der Waals surface area contributed by atoms with Crippen LogP contribution in [0.1, 0.15) is 29.2 Å². The standard InChI is InChI=1S/C22H24F2N2O2/c1-26(2)12-11-14-13-25-17-6-4-8-20(21(14)17)27-19-10-9-16-15(19)5-3-7-18(16)28-22(23)24/h3-8,13,19,22,25H,9-12H2,1-2H3/t19-/m0/s1. The minimum atomic E-state index is -2.82. The fraction of sp³-hybridized carbons (Fsp3) is 0.364. The zero-order valence-corrected chi connectivity index (χ0v) is 16.0. The molecular weight excluding hydrogens is 362 g/mol. The zero-order chi connectivity index (χ0) is 19.7. The van der Waals surface area contributed by atoms with E-state index in [0.717, 1.165) is 47.2 Å². The van der Waals surface area contributed by atoms with Crippen molar-refractivity contribution in [2.45, 2.75) is 32.0 Å². The largest absolute Gasteiger partial charge is 0.485 e. The highest BCUT2D eigenvalue weighted by Gasteiger charge is 2.28. The average Bonchev–Trinajstić information content (AvgIpc) is 3.25. The summed E-state index contributed by atoms with van der Waals surface area (Å²) in [6.07, 6.45) is 4.20. The van der Waals surface area contributed by atoms with E-state index in [1.807, 2.05) is 30.5 Å². The molecule has 1 aliphatic carbocycles. The molecule has 4 nitrogen and oxygen atoms in total. The molecule has 1 aliphatic rings. The van der Waals surface area contributed by atoms with Crippen LogP contribution in [0.5, 0.6) is 11.5 Å². The van der Waals surface area contributed by atoms with Crippen LogP contribution < -0.4 is 9.47 Å². The molecule has 1 heterocycles. The van der Waals surface area contributed by atoms with Crippen molar-refractivity contribution in [2.24, 2.45) is 0 Å². The number of alkyl halides is 2. The maximum absolute atomic E-state index is 12.7. The lowest BCUT2D eigenvalue weighted by Crippen LogP contribution is -2.15. The normalized spacial score (nSPS) is 16.1. The van der Waals surface area contributed by atoms with E-state index < -0.39 is 6.61 Å². The van der Waals surface area contributed by atoms with Crippen LogP contribution in [0.3, 0.4) is 0 Å². The number of H-pyrrole nitrogens is 1. The van der Waals surface area contributed by atoms with Gasteiger partial charge >= 0.3 is 6.61 Å². The first-order valence-electron chi connectivity index (χ1n) is 9.50. The Morgan fingerprint density at radius 1 is 1.14 bits per heavy atom. The van der Waals surface area contributed by atoms with Gasteiger partial charge in [0.15, 0.2) is 0 Å². The molecule has 0 fully saturated rings. The summed E-state index contributed by atoms with van der Waals surface area (Å²) >= 11 is 0. The number of fused-ring (bicyclic) bond motifs is 2. The minimum Gasteiger partial charge on any atom is -0.485 e. The van der Waals surface area contributed by atoms with Gasteiger partial charge in [-0.15, -0.1) is 0 Å². The van der Waals surface area contributed by atoms with E-state index in [1.54, 1.807) is 12.1 Å². The summed E-state index contributed by atoms with van der Waals surface area (Å²) in [4.78, 5) is 5.48. The Hall–Kier alpha value is -2.60. The summed E-state index contributed by atoms with van der Waals surface area (Å²) in [7, 11) is 4.11. The summed E-state index contributed by atoms with van der Waals surface area (Å²) in [5.74, 6) is 1.08. The van der Waals surface area contributed by atoms with Crippen molar-refractivity contribution in [1.82, 2.24) is 9.88 Å². The first kappa shape index (κ1) is 18.7. The number of nitrogens with one attached hydrogen (secondary N) is 1. The van der Waals surface area contributed by atoms with E-state index in [9.17, 15) is 8.78 Å². The van der Waals surface area contributed by atoms with Gasteiger partial charge in [-0.05, 0) is 62.7 Å². The molecular formula is C22H24F2N2O2.